The molecule has 18 heavy (non-hydrogen) atoms. The van der Waals surface area contributed by atoms with E-state index in [-0.39, 0.29) is 5.69 Å². The normalized spacial score (nSPS) is 23.8. The summed E-state index contributed by atoms with van der Waals surface area (Å²) < 4.78 is 0. The van der Waals surface area contributed by atoms with Crippen molar-refractivity contribution in [2.24, 2.45) is 5.92 Å². The van der Waals surface area contributed by atoms with Crippen molar-refractivity contribution < 1.29 is 9.90 Å². The minimum absolute atomic E-state index is 0.107. The number of rotatable bonds is 4. The Morgan fingerprint density at radius 2 is 2.11 bits per heavy atom. The molecule has 98 valence electrons. The van der Waals surface area contributed by atoms with E-state index < -0.39 is 5.97 Å². The van der Waals surface area contributed by atoms with Crippen LogP contribution in [0.5, 0.6) is 0 Å². The molecule has 0 radical (unpaired) electrons. The van der Waals surface area contributed by atoms with Crippen LogP contribution in [-0.2, 0) is 0 Å². The van der Waals surface area contributed by atoms with Crippen molar-refractivity contribution in [3.05, 3.63) is 23.8 Å². The molecule has 0 atom stereocenters. The van der Waals surface area contributed by atoms with E-state index in [4.69, 9.17) is 5.11 Å². The summed E-state index contributed by atoms with van der Waals surface area (Å²) in [6, 6.07) is 1.45. The summed E-state index contributed by atoms with van der Waals surface area (Å²) in [6.45, 7) is 2.23. The van der Waals surface area contributed by atoms with E-state index in [1.165, 1.54) is 31.7 Å². The fourth-order valence-corrected chi connectivity index (χ4v) is 2.81. The molecule has 1 fully saturated rings. The Labute approximate surface area is 107 Å². The van der Waals surface area contributed by atoms with E-state index in [1.54, 1.807) is 6.20 Å². The number of aromatic carboxylic acids is 1. The van der Waals surface area contributed by atoms with E-state index in [1.807, 2.05) is 0 Å². The van der Waals surface area contributed by atoms with Crippen molar-refractivity contribution in [2.75, 3.05) is 0 Å². The minimum Gasteiger partial charge on any atom is -0.477 e. The Hall–Kier alpha value is -1.45. The lowest BCUT2D eigenvalue weighted by molar-refractivity contribution is 0.0689. The number of hydrogen-bond donors (Lipinski definition) is 1. The average Bonchev–Trinajstić information content (AvgIpc) is 2.40. The number of carboxylic acid groups (broad SMARTS) is 1. The van der Waals surface area contributed by atoms with E-state index >= 15 is 0 Å². The molecule has 1 aliphatic carbocycles. The van der Waals surface area contributed by atoms with Crippen LogP contribution in [0.1, 0.15) is 67.7 Å². The summed E-state index contributed by atoms with van der Waals surface area (Å²) in [5, 5.41) is 8.93. The molecule has 4 heteroatoms. The lowest BCUT2D eigenvalue weighted by Crippen LogP contribution is -2.16. The lowest BCUT2D eigenvalue weighted by Gasteiger charge is -2.27. The molecular weight excluding hydrogens is 228 g/mol. The third kappa shape index (κ3) is 3.06. The molecule has 1 aliphatic rings. The summed E-state index contributed by atoms with van der Waals surface area (Å²) in [7, 11) is 0. The molecule has 2 rings (SSSR count). The van der Waals surface area contributed by atoms with E-state index in [2.05, 4.69) is 16.9 Å². The summed E-state index contributed by atoms with van der Waals surface area (Å²) in [5.74, 6) is 0.925. The van der Waals surface area contributed by atoms with Crippen molar-refractivity contribution in [1.29, 1.82) is 0 Å². The Morgan fingerprint density at radius 3 is 2.72 bits per heavy atom. The van der Waals surface area contributed by atoms with Crippen LogP contribution in [0, 0.1) is 5.92 Å². The Bertz CT molecular complexity index is 412. The fourth-order valence-electron chi connectivity index (χ4n) is 2.81. The molecule has 0 amide bonds. The van der Waals surface area contributed by atoms with Crippen molar-refractivity contribution in [3.8, 4) is 0 Å². The Morgan fingerprint density at radius 1 is 1.39 bits per heavy atom. The second-order valence-electron chi connectivity index (χ2n) is 5.11. The maximum atomic E-state index is 10.9. The number of aromatic nitrogens is 2. The highest BCUT2D eigenvalue weighted by Gasteiger charge is 2.24. The molecule has 1 N–H and O–H groups in total. The van der Waals surface area contributed by atoms with Gasteiger partial charge in [-0.1, -0.05) is 19.8 Å². The van der Waals surface area contributed by atoms with E-state index in [0.717, 1.165) is 18.8 Å². The smallest absolute Gasteiger partial charge is 0.354 e. The van der Waals surface area contributed by atoms with Crippen LogP contribution in [0.3, 0.4) is 0 Å². The van der Waals surface area contributed by atoms with Crippen molar-refractivity contribution >= 4 is 5.97 Å². The molecule has 0 bridgehead atoms. The fraction of sp³-hybridized carbons (Fsp3) is 0.643. The van der Waals surface area contributed by atoms with Crippen LogP contribution >= 0.6 is 0 Å². The van der Waals surface area contributed by atoms with Gasteiger partial charge in [-0.3, -0.25) is 0 Å². The first-order valence-electron chi connectivity index (χ1n) is 6.77. The third-order valence-corrected chi connectivity index (χ3v) is 3.80. The summed E-state index contributed by atoms with van der Waals surface area (Å²) in [6.07, 6.45) is 8.74. The SMILES string of the molecule is CCCC1CCC(c2nccc(C(=O)O)n2)CC1. The third-order valence-electron chi connectivity index (χ3n) is 3.80. The van der Waals surface area contributed by atoms with Crippen molar-refractivity contribution in [3.63, 3.8) is 0 Å². The molecule has 1 aromatic heterocycles. The van der Waals surface area contributed by atoms with Gasteiger partial charge in [0.15, 0.2) is 5.69 Å². The predicted molar refractivity (Wildman–Crippen MR) is 68.6 cm³/mol. The maximum Gasteiger partial charge on any atom is 0.354 e. The molecule has 0 unspecified atom stereocenters. The number of carbonyl (C=O) groups is 1. The zero-order valence-corrected chi connectivity index (χ0v) is 10.8. The molecular formula is C14H20N2O2. The number of nitrogens with zero attached hydrogens (tertiary/aromatic N) is 2. The first-order chi connectivity index (χ1) is 8.70. The highest BCUT2D eigenvalue weighted by Crippen LogP contribution is 2.35. The van der Waals surface area contributed by atoms with Crippen LogP contribution in [0.15, 0.2) is 12.3 Å². The molecule has 1 aromatic rings. The second kappa shape index (κ2) is 5.94. The van der Waals surface area contributed by atoms with Crippen LogP contribution in [0.25, 0.3) is 0 Å². The van der Waals surface area contributed by atoms with Gasteiger partial charge in [0.05, 0.1) is 0 Å². The zero-order chi connectivity index (χ0) is 13.0. The van der Waals surface area contributed by atoms with Crippen LogP contribution in [-0.4, -0.2) is 21.0 Å². The molecule has 0 saturated heterocycles. The van der Waals surface area contributed by atoms with Gasteiger partial charge < -0.3 is 5.11 Å². The van der Waals surface area contributed by atoms with Crippen molar-refractivity contribution in [1.82, 2.24) is 9.97 Å². The summed E-state index contributed by atoms with van der Waals surface area (Å²) in [4.78, 5) is 19.3. The molecule has 1 heterocycles. The van der Waals surface area contributed by atoms with Gasteiger partial charge in [-0.2, -0.15) is 0 Å². The standard InChI is InChI=1S/C14H20N2O2/c1-2-3-10-4-6-11(7-5-10)13-15-9-8-12(16-13)14(17)18/h8-11H,2-7H2,1H3,(H,17,18). The monoisotopic (exact) mass is 248 g/mol. The van der Waals surface area contributed by atoms with Crippen LogP contribution < -0.4 is 0 Å². The first kappa shape index (κ1) is 13.0. The van der Waals surface area contributed by atoms with Gasteiger partial charge in [-0.15, -0.1) is 0 Å². The summed E-state index contributed by atoms with van der Waals surface area (Å²) in [5.41, 5.74) is 0.107. The first-order valence-corrected chi connectivity index (χ1v) is 6.77. The Balaban J connectivity index is 2.01. The molecule has 0 aliphatic heterocycles. The molecule has 1 saturated carbocycles. The minimum atomic E-state index is -0.974. The summed E-state index contributed by atoms with van der Waals surface area (Å²) >= 11 is 0. The number of carboxylic acids is 1. The molecule has 0 aromatic carbocycles. The van der Waals surface area contributed by atoms with E-state index in [0.29, 0.717) is 11.7 Å². The number of hydrogen-bond acceptors (Lipinski definition) is 3. The van der Waals surface area contributed by atoms with Crippen LogP contribution in [0.4, 0.5) is 0 Å². The highest BCUT2D eigenvalue weighted by molar-refractivity contribution is 5.85. The average molecular weight is 248 g/mol. The van der Waals surface area contributed by atoms with Gasteiger partial charge in [0.25, 0.3) is 0 Å². The highest BCUT2D eigenvalue weighted by atomic mass is 16.4. The molecule has 4 nitrogen and oxygen atoms in total. The second-order valence-corrected chi connectivity index (χ2v) is 5.11. The molecule has 0 spiro atoms. The largest absolute Gasteiger partial charge is 0.477 e. The van der Waals surface area contributed by atoms with Gasteiger partial charge in [0, 0.05) is 12.1 Å². The topological polar surface area (TPSA) is 63.1 Å². The van der Waals surface area contributed by atoms with Crippen LogP contribution in [0.2, 0.25) is 0 Å². The maximum absolute atomic E-state index is 10.9. The van der Waals surface area contributed by atoms with Gasteiger partial charge >= 0.3 is 5.97 Å². The van der Waals surface area contributed by atoms with Crippen molar-refractivity contribution in [2.45, 2.75) is 51.4 Å². The Kier molecular flexibility index (Phi) is 4.28. The zero-order valence-electron chi connectivity index (χ0n) is 10.8. The van der Waals surface area contributed by atoms with Gasteiger partial charge in [-0.25, -0.2) is 14.8 Å². The lowest BCUT2D eigenvalue weighted by atomic mass is 9.80. The van der Waals surface area contributed by atoms with Gasteiger partial charge in [-0.05, 0) is 37.7 Å². The van der Waals surface area contributed by atoms with E-state index in [9.17, 15) is 4.79 Å². The van der Waals surface area contributed by atoms with Gasteiger partial charge in [0.1, 0.15) is 5.82 Å². The quantitative estimate of drug-likeness (QED) is 0.888. The predicted octanol–water partition coefficient (Wildman–Crippen LogP) is 3.25. The van der Waals surface area contributed by atoms with Gasteiger partial charge in [0.2, 0.25) is 0 Å².